The number of amides is 1. The molecule has 0 unspecified atom stereocenters. The number of hydrogen-bond donors (Lipinski definition) is 1. The van der Waals surface area contributed by atoms with Crippen LogP contribution in [-0.2, 0) is 0 Å². The zero-order valence-corrected chi connectivity index (χ0v) is 13.0. The summed E-state index contributed by atoms with van der Waals surface area (Å²) >= 11 is 0. The van der Waals surface area contributed by atoms with Crippen LogP contribution in [0.5, 0.6) is 11.5 Å². The van der Waals surface area contributed by atoms with Gasteiger partial charge in [0.05, 0.1) is 5.56 Å². The number of hydrogen-bond acceptors (Lipinski definition) is 2. The SMILES string of the molecule is CCCCCCNC(=O)c1ccccc1Oc1ccccc1. The Labute approximate surface area is 132 Å². The molecule has 0 aliphatic carbocycles. The zero-order valence-electron chi connectivity index (χ0n) is 13.0. The third-order valence-corrected chi connectivity index (χ3v) is 3.42. The van der Waals surface area contributed by atoms with Gasteiger partial charge in [-0.2, -0.15) is 0 Å². The standard InChI is InChI=1S/C19H23NO2/c1-2-3-4-10-15-20-19(21)17-13-8-9-14-18(17)22-16-11-6-5-7-12-16/h5-9,11-14H,2-4,10,15H2,1H3,(H,20,21). The van der Waals surface area contributed by atoms with Crippen molar-refractivity contribution in [2.24, 2.45) is 0 Å². The molecule has 2 rings (SSSR count). The van der Waals surface area contributed by atoms with Crippen molar-refractivity contribution in [1.82, 2.24) is 5.32 Å². The van der Waals surface area contributed by atoms with E-state index in [-0.39, 0.29) is 5.91 Å². The van der Waals surface area contributed by atoms with Crippen molar-refractivity contribution in [3.05, 3.63) is 60.2 Å². The molecule has 2 aromatic rings. The average molecular weight is 297 g/mol. The molecule has 0 saturated heterocycles. The molecule has 0 aliphatic rings. The summed E-state index contributed by atoms with van der Waals surface area (Å²) in [5.74, 6) is 1.23. The molecule has 1 N–H and O–H groups in total. The van der Waals surface area contributed by atoms with E-state index in [2.05, 4.69) is 12.2 Å². The molecule has 0 fully saturated rings. The fourth-order valence-corrected chi connectivity index (χ4v) is 2.21. The van der Waals surface area contributed by atoms with Gasteiger partial charge >= 0.3 is 0 Å². The Balaban J connectivity index is 1.97. The molecule has 0 atom stereocenters. The van der Waals surface area contributed by atoms with Gasteiger partial charge in [0.25, 0.3) is 5.91 Å². The first kappa shape index (κ1) is 16.1. The average Bonchev–Trinajstić information content (AvgIpc) is 2.56. The van der Waals surface area contributed by atoms with Crippen molar-refractivity contribution in [3.8, 4) is 11.5 Å². The highest BCUT2D eigenvalue weighted by molar-refractivity contribution is 5.96. The minimum Gasteiger partial charge on any atom is -0.457 e. The van der Waals surface area contributed by atoms with Crippen molar-refractivity contribution < 1.29 is 9.53 Å². The predicted octanol–water partition coefficient (Wildman–Crippen LogP) is 4.79. The van der Waals surface area contributed by atoms with Crippen LogP contribution >= 0.6 is 0 Å². The maximum Gasteiger partial charge on any atom is 0.255 e. The fraction of sp³-hybridized carbons (Fsp3) is 0.316. The molecule has 2 aromatic carbocycles. The van der Waals surface area contributed by atoms with Crippen LogP contribution in [0, 0.1) is 0 Å². The van der Waals surface area contributed by atoms with Crippen LogP contribution in [0.25, 0.3) is 0 Å². The third-order valence-electron chi connectivity index (χ3n) is 3.42. The number of carbonyl (C=O) groups is 1. The second-order valence-corrected chi connectivity index (χ2v) is 5.23. The van der Waals surface area contributed by atoms with Crippen LogP contribution in [0.15, 0.2) is 54.6 Å². The maximum atomic E-state index is 12.3. The quantitative estimate of drug-likeness (QED) is 0.711. The largest absolute Gasteiger partial charge is 0.457 e. The molecule has 0 bridgehead atoms. The van der Waals surface area contributed by atoms with E-state index in [0.29, 0.717) is 17.9 Å². The van der Waals surface area contributed by atoms with E-state index >= 15 is 0 Å². The third kappa shape index (κ3) is 4.92. The Kier molecular flexibility index (Phi) is 6.49. The predicted molar refractivity (Wildman–Crippen MR) is 89.4 cm³/mol. The number of unbranched alkanes of at least 4 members (excludes halogenated alkanes) is 3. The summed E-state index contributed by atoms with van der Waals surface area (Å²) in [7, 11) is 0. The summed E-state index contributed by atoms with van der Waals surface area (Å²) in [6.07, 6.45) is 4.57. The topological polar surface area (TPSA) is 38.3 Å². The molecule has 1 amide bonds. The smallest absolute Gasteiger partial charge is 0.255 e. The van der Waals surface area contributed by atoms with Gasteiger partial charge in [-0.1, -0.05) is 56.5 Å². The van der Waals surface area contributed by atoms with Gasteiger partial charge in [0.2, 0.25) is 0 Å². The van der Waals surface area contributed by atoms with Gasteiger partial charge in [-0.3, -0.25) is 4.79 Å². The summed E-state index contributed by atoms with van der Waals surface area (Å²) in [4.78, 5) is 12.3. The molecular weight excluding hydrogens is 274 g/mol. The lowest BCUT2D eigenvalue weighted by Gasteiger charge is -2.11. The summed E-state index contributed by atoms with van der Waals surface area (Å²) < 4.78 is 5.81. The number of ether oxygens (including phenoxy) is 1. The van der Waals surface area contributed by atoms with E-state index in [1.165, 1.54) is 12.8 Å². The lowest BCUT2D eigenvalue weighted by molar-refractivity contribution is 0.0950. The van der Waals surface area contributed by atoms with Crippen molar-refractivity contribution >= 4 is 5.91 Å². The Morgan fingerprint density at radius 1 is 0.955 bits per heavy atom. The van der Waals surface area contributed by atoms with Crippen molar-refractivity contribution in [2.45, 2.75) is 32.6 Å². The zero-order chi connectivity index (χ0) is 15.6. The number of para-hydroxylation sites is 2. The molecular formula is C19H23NO2. The minimum absolute atomic E-state index is 0.0805. The van der Waals surface area contributed by atoms with Gasteiger partial charge in [0.15, 0.2) is 0 Å². The molecule has 0 spiro atoms. The second kappa shape index (κ2) is 8.88. The summed E-state index contributed by atoms with van der Waals surface area (Å²) in [6, 6.07) is 16.8. The van der Waals surface area contributed by atoms with E-state index < -0.39 is 0 Å². The summed E-state index contributed by atoms with van der Waals surface area (Å²) in [6.45, 7) is 2.88. The first-order chi connectivity index (χ1) is 10.8. The monoisotopic (exact) mass is 297 g/mol. The Bertz CT molecular complexity index is 581. The van der Waals surface area contributed by atoms with E-state index in [9.17, 15) is 4.79 Å². The number of nitrogens with one attached hydrogen (secondary N) is 1. The normalized spacial score (nSPS) is 10.2. The molecule has 0 aromatic heterocycles. The first-order valence-electron chi connectivity index (χ1n) is 7.91. The van der Waals surface area contributed by atoms with E-state index in [0.717, 1.165) is 18.6 Å². The van der Waals surface area contributed by atoms with Crippen LogP contribution in [0.4, 0.5) is 0 Å². The van der Waals surface area contributed by atoms with Crippen LogP contribution in [-0.4, -0.2) is 12.5 Å². The fourth-order valence-electron chi connectivity index (χ4n) is 2.21. The lowest BCUT2D eigenvalue weighted by Crippen LogP contribution is -2.24. The maximum absolute atomic E-state index is 12.3. The number of carbonyl (C=O) groups excluding carboxylic acids is 1. The van der Waals surface area contributed by atoms with Crippen molar-refractivity contribution in [3.63, 3.8) is 0 Å². The van der Waals surface area contributed by atoms with Crippen LogP contribution in [0.1, 0.15) is 43.0 Å². The van der Waals surface area contributed by atoms with E-state index in [1.807, 2.05) is 48.5 Å². The van der Waals surface area contributed by atoms with Gasteiger partial charge < -0.3 is 10.1 Å². The molecule has 0 aliphatic heterocycles. The van der Waals surface area contributed by atoms with Crippen molar-refractivity contribution in [1.29, 1.82) is 0 Å². The highest BCUT2D eigenvalue weighted by Crippen LogP contribution is 2.24. The highest BCUT2D eigenvalue weighted by Gasteiger charge is 2.12. The highest BCUT2D eigenvalue weighted by atomic mass is 16.5. The Morgan fingerprint density at radius 2 is 1.68 bits per heavy atom. The summed E-state index contributed by atoms with van der Waals surface area (Å²) in [5.41, 5.74) is 0.571. The van der Waals surface area contributed by atoms with Crippen molar-refractivity contribution in [2.75, 3.05) is 6.54 Å². The Hall–Kier alpha value is -2.29. The van der Waals surface area contributed by atoms with Crippen LogP contribution in [0.3, 0.4) is 0 Å². The van der Waals surface area contributed by atoms with Gasteiger partial charge in [0.1, 0.15) is 11.5 Å². The van der Waals surface area contributed by atoms with E-state index in [1.54, 1.807) is 6.07 Å². The molecule has 0 saturated carbocycles. The van der Waals surface area contributed by atoms with Crippen LogP contribution < -0.4 is 10.1 Å². The number of benzene rings is 2. The molecule has 0 heterocycles. The minimum atomic E-state index is -0.0805. The molecule has 3 heteroatoms. The first-order valence-corrected chi connectivity index (χ1v) is 7.91. The molecule has 0 radical (unpaired) electrons. The molecule has 116 valence electrons. The van der Waals surface area contributed by atoms with Gasteiger partial charge in [-0.05, 0) is 30.7 Å². The van der Waals surface area contributed by atoms with Crippen LogP contribution in [0.2, 0.25) is 0 Å². The number of rotatable bonds is 8. The second-order valence-electron chi connectivity index (χ2n) is 5.23. The Morgan fingerprint density at radius 3 is 2.45 bits per heavy atom. The van der Waals surface area contributed by atoms with E-state index in [4.69, 9.17) is 4.74 Å². The van der Waals surface area contributed by atoms with Gasteiger partial charge in [0, 0.05) is 6.54 Å². The van der Waals surface area contributed by atoms with Gasteiger partial charge in [-0.25, -0.2) is 0 Å². The lowest BCUT2D eigenvalue weighted by atomic mass is 10.1. The summed E-state index contributed by atoms with van der Waals surface area (Å²) in [5, 5.41) is 2.97. The molecule has 22 heavy (non-hydrogen) atoms. The van der Waals surface area contributed by atoms with Gasteiger partial charge in [-0.15, -0.1) is 0 Å². The molecule has 3 nitrogen and oxygen atoms in total.